The quantitative estimate of drug-likeness (QED) is 0.673. The molecule has 0 fully saturated rings. The van der Waals surface area contributed by atoms with Crippen LogP contribution in [0.4, 0.5) is 13.2 Å². The molecular formula is C9H17F3N2O2. The average molecular weight is 242 g/mol. The molecule has 0 saturated heterocycles. The second-order valence-electron chi connectivity index (χ2n) is 3.73. The number of hydrogen-bond donors (Lipinski definition) is 2. The fourth-order valence-electron chi connectivity index (χ4n) is 0.855. The fraction of sp³-hybridized carbons (Fsp3) is 0.889. The summed E-state index contributed by atoms with van der Waals surface area (Å²) in [6, 6.07) is -0.650. The number of carbonyl (C=O) groups is 1. The summed E-state index contributed by atoms with van der Waals surface area (Å²) in [4.78, 5) is 11.2. The lowest BCUT2D eigenvalue weighted by atomic mass is 10.1. The van der Waals surface area contributed by atoms with Crippen molar-refractivity contribution in [2.75, 3.05) is 19.8 Å². The smallest absolute Gasteiger partial charge is 0.370 e. The third-order valence-corrected chi connectivity index (χ3v) is 1.83. The molecule has 0 heterocycles. The highest BCUT2D eigenvalue weighted by molar-refractivity contribution is 5.81. The molecule has 0 rings (SSSR count). The number of halogens is 3. The Kier molecular flexibility index (Phi) is 6.35. The van der Waals surface area contributed by atoms with Crippen LogP contribution in [0, 0.1) is 5.92 Å². The van der Waals surface area contributed by atoms with Crippen molar-refractivity contribution in [3.8, 4) is 0 Å². The van der Waals surface area contributed by atoms with E-state index >= 15 is 0 Å². The number of alkyl halides is 3. The van der Waals surface area contributed by atoms with Gasteiger partial charge in [0.25, 0.3) is 0 Å². The highest BCUT2D eigenvalue weighted by Crippen LogP contribution is 2.13. The molecule has 16 heavy (non-hydrogen) atoms. The van der Waals surface area contributed by atoms with Crippen LogP contribution >= 0.6 is 0 Å². The van der Waals surface area contributed by atoms with Crippen LogP contribution < -0.4 is 11.1 Å². The van der Waals surface area contributed by atoms with Crippen LogP contribution in [0.25, 0.3) is 0 Å². The van der Waals surface area contributed by atoms with Crippen molar-refractivity contribution in [1.29, 1.82) is 0 Å². The van der Waals surface area contributed by atoms with Crippen molar-refractivity contribution in [3.05, 3.63) is 0 Å². The third kappa shape index (κ3) is 7.47. The SMILES string of the molecule is CC(C)[C@H](N)C(=O)NCCOCC(F)(F)F. The number of nitrogens with two attached hydrogens (primary N) is 1. The summed E-state index contributed by atoms with van der Waals surface area (Å²) in [6.45, 7) is 2.10. The minimum absolute atomic E-state index is 0.0175. The third-order valence-electron chi connectivity index (χ3n) is 1.83. The van der Waals surface area contributed by atoms with Gasteiger partial charge in [-0.3, -0.25) is 4.79 Å². The summed E-state index contributed by atoms with van der Waals surface area (Å²) in [5.74, 6) is -0.401. The van der Waals surface area contributed by atoms with Gasteiger partial charge < -0.3 is 15.8 Å². The minimum Gasteiger partial charge on any atom is -0.370 e. The number of nitrogens with one attached hydrogen (secondary N) is 1. The van der Waals surface area contributed by atoms with Gasteiger partial charge in [0, 0.05) is 6.54 Å². The Hall–Kier alpha value is -0.820. The molecule has 3 N–H and O–H groups in total. The maximum absolute atomic E-state index is 11.6. The largest absolute Gasteiger partial charge is 0.411 e. The lowest BCUT2D eigenvalue weighted by Crippen LogP contribution is -2.45. The van der Waals surface area contributed by atoms with Gasteiger partial charge in [-0.05, 0) is 5.92 Å². The number of ether oxygens (including phenoxy) is 1. The maximum Gasteiger partial charge on any atom is 0.411 e. The Morgan fingerprint density at radius 2 is 2.00 bits per heavy atom. The Morgan fingerprint density at radius 1 is 1.44 bits per heavy atom. The van der Waals surface area contributed by atoms with Crippen LogP contribution in [-0.4, -0.2) is 37.9 Å². The number of amides is 1. The maximum atomic E-state index is 11.6. The van der Waals surface area contributed by atoms with Gasteiger partial charge in [0.15, 0.2) is 0 Å². The Bertz CT molecular complexity index is 219. The normalized spacial score (nSPS) is 13.9. The van der Waals surface area contributed by atoms with Crippen molar-refractivity contribution in [1.82, 2.24) is 5.32 Å². The highest BCUT2D eigenvalue weighted by atomic mass is 19.4. The van der Waals surface area contributed by atoms with Gasteiger partial charge in [-0.15, -0.1) is 0 Å². The zero-order valence-corrected chi connectivity index (χ0v) is 9.30. The van der Waals surface area contributed by atoms with E-state index in [1.807, 2.05) is 0 Å². The lowest BCUT2D eigenvalue weighted by Gasteiger charge is -2.15. The first-order valence-corrected chi connectivity index (χ1v) is 4.92. The molecule has 0 saturated carbocycles. The highest BCUT2D eigenvalue weighted by Gasteiger charge is 2.27. The minimum atomic E-state index is -4.33. The standard InChI is InChI=1S/C9H17F3N2O2/c1-6(2)7(13)8(15)14-3-4-16-5-9(10,11)12/h6-7H,3-5,13H2,1-2H3,(H,14,15)/t7-/m0/s1. The monoisotopic (exact) mass is 242 g/mol. The van der Waals surface area contributed by atoms with Crippen molar-refractivity contribution >= 4 is 5.91 Å². The summed E-state index contributed by atoms with van der Waals surface area (Å²) < 4.78 is 39.2. The van der Waals surface area contributed by atoms with E-state index in [0.29, 0.717) is 0 Å². The molecule has 0 aliphatic carbocycles. The van der Waals surface area contributed by atoms with Crippen LogP contribution in [0.5, 0.6) is 0 Å². The first-order chi connectivity index (χ1) is 7.24. The molecule has 0 aromatic heterocycles. The molecule has 0 unspecified atom stereocenters. The first-order valence-electron chi connectivity index (χ1n) is 4.92. The second-order valence-corrected chi connectivity index (χ2v) is 3.73. The predicted octanol–water partition coefficient (Wildman–Crippen LogP) is 0.665. The van der Waals surface area contributed by atoms with Gasteiger partial charge >= 0.3 is 6.18 Å². The summed E-state index contributed by atoms with van der Waals surface area (Å²) in [6.07, 6.45) is -4.33. The van der Waals surface area contributed by atoms with Crippen LogP contribution in [0.1, 0.15) is 13.8 Å². The molecule has 0 spiro atoms. The van der Waals surface area contributed by atoms with E-state index in [2.05, 4.69) is 10.1 Å². The zero-order valence-electron chi connectivity index (χ0n) is 9.30. The van der Waals surface area contributed by atoms with Gasteiger partial charge in [0.2, 0.25) is 5.91 Å². The van der Waals surface area contributed by atoms with E-state index in [4.69, 9.17) is 5.73 Å². The molecule has 1 amide bonds. The zero-order chi connectivity index (χ0) is 12.8. The molecule has 4 nitrogen and oxygen atoms in total. The van der Waals surface area contributed by atoms with Crippen molar-refractivity contribution in [3.63, 3.8) is 0 Å². The van der Waals surface area contributed by atoms with Crippen LogP contribution in [0.3, 0.4) is 0 Å². The molecular weight excluding hydrogens is 225 g/mol. The summed E-state index contributed by atoms with van der Waals surface area (Å²) >= 11 is 0. The van der Waals surface area contributed by atoms with E-state index in [1.165, 1.54) is 0 Å². The van der Waals surface area contributed by atoms with Gasteiger partial charge in [-0.1, -0.05) is 13.8 Å². The summed E-state index contributed by atoms with van der Waals surface area (Å²) in [7, 11) is 0. The first kappa shape index (κ1) is 15.2. The molecule has 1 atom stereocenters. The van der Waals surface area contributed by atoms with E-state index in [9.17, 15) is 18.0 Å². The Balaban J connectivity index is 3.56. The number of carbonyl (C=O) groups excluding carboxylic acids is 1. The van der Waals surface area contributed by atoms with Crippen LogP contribution in [0.15, 0.2) is 0 Å². The molecule has 0 aromatic carbocycles. The topological polar surface area (TPSA) is 64.4 Å². The Morgan fingerprint density at radius 3 is 2.44 bits per heavy atom. The fourth-order valence-corrected chi connectivity index (χ4v) is 0.855. The lowest BCUT2D eigenvalue weighted by molar-refractivity contribution is -0.173. The summed E-state index contributed by atoms with van der Waals surface area (Å²) in [5, 5.41) is 2.39. The Labute approximate surface area is 92.3 Å². The predicted molar refractivity (Wildman–Crippen MR) is 52.7 cm³/mol. The molecule has 7 heteroatoms. The van der Waals surface area contributed by atoms with Crippen molar-refractivity contribution in [2.24, 2.45) is 11.7 Å². The molecule has 96 valence electrons. The van der Waals surface area contributed by atoms with Crippen molar-refractivity contribution in [2.45, 2.75) is 26.1 Å². The van der Waals surface area contributed by atoms with Crippen LogP contribution in [-0.2, 0) is 9.53 Å². The van der Waals surface area contributed by atoms with E-state index in [-0.39, 0.29) is 25.0 Å². The molecule has 0 radical (unpaired) electrons. The van der Waals surface area contributed by atoms with Crippen LogP contribution in [0.2, 0.25) is 0 Å². The van der Waals surface area contributed by atoms with Crippen molar-refractivity contribution < 1.29 is 22.7 Å². The number of hydrogen-bond acceptors (Lipinski definition) is 3. The van der Waals surface area contributed by atoms with Gasteiger partial charge in [-0.25, -0.2) is 0 Å². The van der Waals surface area contributed by atoms with E-state index in [0.717, 1.165) is 0 Å². The molecule has 0 aromatic rings. The molecule has 0 aliphatic heterocycles. The van der Waals surface area contributed by atoms with E-state index in [1.54, 1.807) is 13.8 Å². The second kappa shape index (κ2) is 6.70. The van der Waals surface area contributed by atoms with E-state index < -0.39 is 18.8 Å². The number of rotatable bonds is 6. The molecule has 0 aliphatic rings. The summed E-state index contributed by atoms with van der Waals surface area (Å²) in [5.41, 5.74) is 5.51. The average Bonchev–Trinajstić information content (AvgIpc) is 2.13. The van der Waals surface area contributed by atoms with Gasteiger partial charge in [-0.2, -0.15) is 13.2 Å². The molecule has 0 bridgehead atoms. The van der Waals surface area contributed by atoms with Gasteiger partial charge in [0.1, 0.15) is 6.61 Å². The van der Waals surface area contributed by atoms with Gasteiger partial charge in [0.05, 0.1) is 12.6 Å².